The highest BCUT2D eigenvalue weighted by molar-refractivity contribution is 5.80. The third kappa shape index (κ3) is 3.89. The number of aromatic amines is 1. The quantitative estimate of drug-likeness (QED) is 0.861. The Balaban J connectivity index is 1.40. The van der Waals surface area contributed by atoms with Crippen LogP contribution in [0.1, 0.15) is 56.0 Å². The molecule has 156 valence electrons. The van der Waals surface area contributed by atoms with Crippen molar-refractivity contribution in [2.75, 3.05) is 26.2 Å². The summed E-state index contributed by atoms with van der Waals surface area (Å²) in [4.78, 5) is 37.1. The lowest BCUT2D eigenvalue weighted by Gasteiger charge is -2.48. The van der Waals surface area contributed by atoms with E-state index in [4.69, 9.17) is 4.98 Å². The molecule has 4 rings (SSSR count). The second kappa shape index (κ2) is 7.81. The number of imidazole rings is 1. The molecule has 1 N–H and O–H groups in total. The molecular weight excluding hydrogens is 364 g/mol. The molecule has 0 radical (unpaired) electrons. The van der Waals surface area contributed by atoms with Gasteiger partial charge in [-0.25, -0.2) is 4.98 Å². The first-order chi connectivity index (χ1) is 13.9. The van der Waals surface area contributed by atoms with E-state index < -0.39 is 0 Å². The summed E-state index contributed by atoms with van der Waals surface area (Å²) in [7, 11) is 0. The lowest BCUT2D eigenvalue weighted by Crippen LogP contribution is -2.55. The number of nitrogens with zero attached hydrogens (tertiary/aromatic N) is 3. The van der Waals surface area contributed by atoms with Gasteiger partial charge in [0.2, 0.25) is 11.8 Å². The molecule has 0 bridgehead atoms. The molecule has 6 heteroatoms. The summed E-state index contributed by atoms with van der Waals surface area (Å²) in [5.41, 5.74) is 4.57. The van der Waals surface area contributed by atoms with Gasteiger partial charge in [0.15, 0.2) is 0 Å². The molecule has 2 amide bonds. The third-order valence-corrected chi connectivity index (χ3v) is 6.95. The molecule has 29 heavy (non-hydrogen) atoms. The van der Waals surface area contributed by atoms with Crippen molar-refractivity contribution in [1.29, 1.82) is 0 Å². The third-order valence-electron chi connectivity index (χ3n) is 6.95. The smallest absolute Gasteiger partial charge is 0.223 e. The van der Waals surface area contributed by atoms with E-state index in [1.54, 1.807) is 0 Å². The van der Waals surface area contributed by atoms with Crippen LogP contribution in [-0.2, 0) is 16.0 Å². The summed E-state index contributed by atoms with van der Waals surface area (Å²) in [6, 6.07) is 4.17. The van der Waals surface area contributed by atoms with Crippen molar-refractivity contribution in [3.05, 3.63) is 29.1 Å². The summed E-state index contributed by atoms with van der Waals surface area (Å²) in [5, 5.41) is 0. The lowest BCUT2D eigenvalue weighted by atomic mass is 9.73. The number of nitrogens with one attached hydrogen (secondary N) is 1. The van der Waals surface area contributed by atoms with Crippen LogP contribution in [0.5, 0.6) is 0 Å². The Hall–Kier alpha value is -2.37. The first-order valence-electron chi connectivity index (χ1n) is 10.9. The number of hydrogen-bond donors (Lipinski definition) is 1. The van der Waals surface area contributed by atoms with Gasteiger partial charge in [-0.05, 0) is 57.2 Å². The summed E-state index contributed by atoms with van der Waals surface area (Å²) in [6.07, 6.45) is 4.78. The monoisotopic (exact) mass is 396 g/mol. The SMILES string of the molecule is CCN1CC2(CCCN(C(=O)CCc3nc4c(C)c(C)ccc4[nH]3)C2)CCC1=O. The van der Waals surface area contributed by atoms with Crippen LogP contribution in [0.15, 0.2) is 12.1 Å². The van der Waals surface area contributed by atoms with Crippen molar-refractivity contribution in [1.82, 2.24) is 19.8 Å². The van der Waals surface area contributed by atoms with Crippen LogP contribution in [-0.4, -0.2) is 57.8 Å². The van der Waals surface area contributed by atoms with Gasteiger partial charge in [-0.2, -0.15) is 0 Å². The summed E-state index contributed by atoms with van der Waals surface area (Å²) >= 11 is 0. The maximum Gasteiger partial charge on any atom is 0.223 e. The van der Waals surface area contributed by atoms with Crippen molar-refractivity contribution in [3.8, 4) is 0 Å². The molecule has 2 fully saturated rings. The summed E-state index contributed by atoms with van der Waals surface area (Å²) in [5.74, 6) is 1.35. The van der Waals surface area contributed by atoms with Gasteiger partial charge in [-0.15, -0.1) is 0 Å². The van der Waals surface area contributed by atoms with Gasteiger partial charge in [0.05, 0.1) is 11.0 Å². The number of aryl methyl sites for hydroxylation is 3. The van der Waals surface area contributed by atoms with E-state index in [0.717, 1.165) is 62.3 Å². The number of aromatic nitrogens is 2. The fourth-order valence-electron chi connectivity index (χ4n) is 5.01. The second-order valence-corrected chi connectivity index (χ2v) is 8.91. The fourth-order valence-corrected chi connectivity index (χ4v) is 5.01. The molecule has 0 aliphatic carbocycles. The molecule has 1 aromatic heterocycles. The number of likely N-dealkylation sites (tertiary alicyclic amines) is 2. The Bertz CT molecular complexity index is 934. The Morgan fingerprint density at radius 2 is 2.07 bits per heavy atom. The van der Waals surface area contributed by atoms with Crippen molar-refractivity contribution >= 4 is 22.8 Å². The zero-order valence-electron chi connectivity index (χ0n) is 17.9. The highest BCUT2D eigenvalue weighted by atomic mass is 16.2. The van der Waals surface area contributed by atoms with Crippen LogP contribution < -0.4 is 0 Å². The Kier molecular flexibility index (Phi) is 5.36. The van der Waals surface area contributed by atoms with Crippen molar-refractivity contribution in [3.63, 3.8) is 0 Å². The number of amides is 2. The van der Waals surface area contributed by atoms with Crippen LogP contribution in [0, 0.1) is 19.3 Å². The molecule has 1 unspecified atom stereocenters. The predicted octanol–water partition coefficient (Wildman–Crippen LogP) is 3.36. The van der Waals surface area contributed by atoms with Gasteiger partial charge in [0, 0.05) is 50.9 Å². The molecule has 6 nitrogen and oxygen atoms in total. The minimum absolute atomic E-state index is 0.0891. The van der Waals surface area contributed by atoms with E-state index in [1.807, 2.05) is 16.7 Å². The zero-order valence-corrected chi connectivity index (χ0v) is 17.9. The highest BCUT2D eigenvalue weighted by Crippen LogP contribution is 2.39. The van der Waals surface area contributed by atoms with E-state index in [2.05, 4.69) is 31.0 Å². The maximum absolute atomic E-state index is 13.0. The van der Waals surface area contributed by atoms with Gasteiger partial charge in [-0.3, -0.25) is 9.59 Å². The number of H-pyrrole nitrogens is 1. The second-order valence-electron chi connectivity index (χ2n) is 8.91. The van der Waals surface area contributed by atoms with Gasteiger partial charge >= 0.3 is 0 Å². The molecule has 1 atom stereocenters. The molecule has 1 aromatic carbocycles. The Morgan fingerprint density at radius 1 is 1.24 bits per heavy atom. The zero-order chi connectivity index (χ0) is 20.6. The standard InChI is InChI=1S/C23H32N4O2/c1-4-26-14-23(12-10-21(26)29)11-5-13-27(15-23)20(28)9-8-19-24-18-7-6-16(2)17(3)22(18)25-19/h6-7H,4-5,8-15H2,1-3H3,(H,24,25). The molecule has 3 heterocycles. The lowest BCUT2D eigenvalue weighted by molar-refractivity contribution is -0.142. The summed E-state index contributed by atoms with van der Waals surface area (Å²) < 4.78 is 0. The molecule has 2 saturated heterocycles. The van der Waals surface area contributed by atoms with Crippen molar-refractivity contribution < 1.29 is 9.59 Å². The molecule has 2 aliphatic rings. The van der Waals surface area contributed by atoms with Gasteiger partial charge in [0.1, 0.15) is 5.82 Å². The normalized spacial score (nSPS) is 22.7. The van der Waals surface area contributed by atoms with E-state index in [1.165, 1.54) is 11.1 Å². The van der Waals surface area contributed by atoms with Crippen LogP contribution in [0.4, 0.5) is 0 Å². The van der Waals surface area contributed by atoms with Gasteiger partial charge in [0.25, 0.3) is 0 Å². The van der Waals surface area contributed by atoms with Gasteiger partial charge < -0.3 is 14.8 Å². The molecule has 1 spiro atoms. The number of hydrogen-bond acceptors (Lipinski definition) is 3. The topological polar surface area (TPSA) is 69.3 Å². The number of rotatable bonds is 4. The number of carbonyl (C=O) groups excluding carboxylic acids is 2. The first-order valence-corrected chi connectivity index (χ1v) is 10.9. The average molecular weight is 397 g/mol. The number of benzene rings is 1. The van der Waals surface area contributed by atoms with Gasteiger partial charge in [-0.1, -0.05) is 6.07 Å². The molecule has 0 saturated carbocycles. The minimum Gasteiger partial charge on any atom is -0.342 e. The van der Waals surface area contributed by atoms with E-state index in [0.29, 0.717) is 19.3 Å². The Morgan fingerprint density at radius 3 is 2.86 bits per heavy atom. The maximum atomic E-state index is 13.0. The van der Waals surface area contributed by atoms with Crippen LogP contribution in [0.2, 0.25) is 0 Å². The average Bonchev–Trinajstić information content (AvgIpc) is 3.15. The minimum atomic E-state index is 0.0891. The van der Waals surface area contributed by atoms with Crippen molar-refractivity contribution in [2.45, 2.75) is 59.3 Å². The molecule has 2 aromatic rings. The predicted molar refractivity (Wildman–Crippen MR) is 114 cm³/mol. The highest BCUT2D eigenvalue weighted by Gasteiger charge is 2.42. The van der Waals surface area contributed by atoms with E-state index in [-0.39, 0.29) is 17.2 Å². The van der Waals surface area contributed by atoms with Crippen molar-refractivity contribution in [2.24, 2.45) is 5.41 Å². The van der Waals surface area contributed by atoms with Crippen LogP contribution >= 0.6 is 0 Å². The fraction of sp³-hybridized carbons (Fsp3) is 0.609. The number of piperidine rings is 2. The molecular formula is C23H32N4O2. The summed E-state index contributed by atoms with van der Waals surface area (Å²) in [6.45, 7) is 9.41. The first kappa shape index (κ1) is 19.9. The Labute approximate surface area is 172 Å². The van der Waals surface area contributed by atoms with Crippen LogP contribution in [0.25, 0.3) is 11.0 Å². The molecule has 2 aliphatic heterocycles. The number of fused-ring (bicyclic) bond motifs is 1. The van der Waals surface area contributed by atoms with E-state index >= 15 is 0 Å². The largest absolute Gasteiger partial charge is 0.342 e. The van der Waals surface area contributed by atoms with E-state index in [9.17, 15) is 9.59 Å². The van der Waals surface area contributed by atoms with Crippen LogP contribution in [0.3, 0.4) is 0 Å². The number of carbonyl (C=O) groups is 2.